The van der Waals surface area contributed by atoms with Crippen LogP contribution < -0.4 is 10.6 Å². The molecule has 25 heavy (non-hydrogen) atoms. The Bertz CT molecular complexity index is 923. The van der Waals surface area contributed by atoms with Gasteiger partial charge in [0.1, 0.15) is 6.04 Å². The molecule has 3 aromatic rings. The second kappa shape index (κ2) is 6.16. The lowest BCUT2D eigenvalue weighted by molar-refractivity contribution is -0.125. The molecule has 2 amide bonds. The highest BCUT2D eigenvalue weighted by Gasteiger charge is 2.33. The predicted octanol–water partition coefficient (Wildman–Crippen LogP) is 1.86. The Morgan fingerprint density at radius 2 is 2.04 bits per heavy atom. The number of carbonyl (C=O) groups is 2. The number of hydrogen-bond acceptors (Lipinski definition) is 5. The van der Waals surface area contributed by atoms with Gasteiger partial charge in [-0.25, -0.2) is 4.68 Å². The summed E-state index contributed by atoms with van der Waals surface area (Å²) in [7, 11) is 0. The van der Waals surface area contributed by atoms with Gasteiger partial charge in [0.2, 0.25) is 17.8 Å². The van der Waals surface area contributed by atoms with Crippen molar-refractivity contribution in [3.05, 3.63) is 54.9 Å². The fourth-order valence-corrected chi connectivity index (χ4v) is 2.63. The standard InChI is InChI=1S/C17H14N6O2/c24-14-9-13(16(25)19-12-6-2-1-3-7-12)23-17(20-14)21-15(22-23)11-5-4-8-18-10-11/h1-8,10,13H,9H2,(H,19,25)(H,20,21,22,24). The molecule has 124 valence electrons. The van der Waals surface area contributed by atoms with E-state index in [0.717, 1.165) is 0 Å². The normalized spacial score (nSPS) is 16.0. The van der Waals surface area contributed by atoms with Crippen LogP contribution in [-0.2, 0) is 9.59 Å². The molecule has 1 aromatic carbocycles. The molecule has 0 aliphatic carbocycles. The third kappa shape index (κ3) is 2.97. The Kier molecular flexibility index (Phi) is 3.70. The molecule has 1 atom stereocenters. The molecule has 8 nitrogen and oxygen atoms in total. The van der Waals surface area contributed by atoms with E-state index in [-0.39, 0.29) is 24.2 Å². The number of amides is 2. The van der Waals surface area contributed by atoms with Crippen LogP contribution in [0, 0.1) is 0 Å². The maximum Gasteiger partial charge on any atom is 0.249 e. The Morgan fingerprint density at radius 3 is 2.80 bits per heavy atom. The summed E-state index contributed by atoms with van der Waals surface area (Å²) in [4.78, 5) is 32.9. The number of fused-ring (bicyclic) bond motifs is 1. The second-order valence-corrected chi connectivity index (χ2v) is 5.57. The number of hydrogen-bond donors (Lipinski definition) is 2. The summed E-state index contributed by atoms with van der Waals surface area (Å²) in [5, 5.41) is 9.84. The van der Waals surface area contributed by atoms with Gasteiger partial charge in [0.15, 0.2) is 5.82 Å². The van der Waals surface area contributed by atoms with Crippen LogP contribution in [0.2, 0.25) is 0 Å². The van der Waals surface area contributed by atoms with Gasteiger partial charge in [-0.15, -0.1) is 5.10 Å². The van der Waals surface area contributed by atoms with Gasteiger partial charge in [-0.3, -0.25) is 19.9 Å². The topological polar surface area (TPSA) is 102 Å². The van der Waals surface area contributed by atoms with Crippen LogP contribution in [0.3, 0.4) is 0 Å². The highest BCUT2D eigenvalue weighted by atomic mass is 16.2. The molecular formula is C17H14N6O2. The zero-order valence-electron chi connectivity index (χ0n) is 13.1. The average Bonchev–Trinajstić information content (AvgIpc) is 3.06. The third-order valence-electron chi connectivity index (χ3n) is 3.82. The van der Waals surface area contributed by atoms with Gasteiger partial charge >= 0.3 is 0 Å². The molecule has 4 rings (SSSR count). The molecule has 2 N–H and O–H groups in total. The Hall–Kier alpha value is -3.55. The number of pyridine rings is 1. The lowest BCUT2D eigenvalue weighted by atomic mass is 10.1. The van der Waals surface area contributed by atoms with Crippen LogP contribution in [-0.4, -0.2) is 31.6 Å². The first-order valence-electron chi connectivity index (χ1n) is 7.73. The van der Waals surface area contributed by atoms with Crippen molar-refractivity contribution in [1.29, 1.82) is 0 Å². The van der Waals surface area contributed by atoms with E-state index < -0.39 is 6.04 Å². The van der Waals surface area contributed by atoms with Gasteiger partial charge in [0.05, 0.1) is 6.42 Å². The first-order valence-corrected chi connectivity index (χ1v) is 7.73. The summed E-state index contributed by atoms with van der Waals surface area (Å²) in [6.07, 6.45) is 3.28. The Balaban J connectivity index is 1.66. The molecule has 0 saturated carbocycles. The predicted molar refractivity (Wildman–Crippen MR) is 90.6 cm³/mol. The minimum absolute atomic E-state index is 0.00149. The van der Waals surface area contributed by atoms with Gasteiger partial charge in [0.25, 0.3) is 0 Å². The number of aromatic nitrogens is 4. The zero-order chi connectivity index (χ0) is 17.2. The molecule has 0 fully saturated rings. The molecule has 0 saturated heterocycles. The number of benzene rings is 1. The van der Waals surface area contributed by atoms with Crippen molar-refractivity contribution < 1.29 is 9.59 Å². The maximum atomic E-state index is 12.6. The summed E-state index contributed by atoms with van der Waals surface area (Å²) >= 11 is 0. The number of rotatable bonds is 3. The van der Waals surface area contributed by atoms with E-state index in [4.69, 9.17) is 0 Å². The van der Waals surface area contributed by atoms with E-state index in [1.165, 1.54) is 4.68 Å². The lowest BCUT2D eigenvalue weighted by Gasteiger charge is -2.22. The summed E-state index contributed by atoms with van der Waals surface area (Å²) in [5.41, 5.74) is 1.37. The average molecular weight is 334 g/mol. The zero-order valence-corrected chi connectivity index (χ0v) is 13.1. The molecule has 3 heterocycles. The largest absolute Gasteiger partial charge is 0.324 e. The number of nitrogens with zero attached hydrogens (tertiary/aromatic N) is 4. The molecule has 1 unspecified atom stereocenters. The van der Waals surface area contributed by atoms with Gasteiger partial charge in [-0.1, -0.05) is 18.2 Å². The smallest absolute Gasteiger partial charge is 0.249 e. The van der Waals surface area contributed by atoms with Crippen LogP contribution in [0.5, 0.6) is 0 Å². The maximum absolute atomic E-state index is 12.6. The summed E-state index contributed by atoms with van der Waals surface area (Å²) in [6, 6.07) is 11.9. The van der Waals surface area contributed by atoms with Gasteiger partial charge < -0.3 is 5.32 Å². The molecule has 0 radical (unpaired) electrons. The molecule has 2 aromatic heterocycles. The van der Waals surface area contributed by atoms with Crippen molar-refractivity contribution in [3.63, 3.8) is 0 Å². The molecule has 1 aliphatic rings. The highest BCUT2D eigenvalue weighted by Crippen LogP contribution is 2.27. The number of nitrogens with one attached hydrogen (secondary N) is 2. The molecule has 0 spiro atoms. The lowest BCUT2D eigenvalue weighted by Crippen LogP contribution is -2.36. The Morgan fingerprint density at radius 1 is 1.20 bits per heavy atom. The van der Waals surface area contributed by atoms with E-state index in [1.807, 2.05) is 24.3 Å². The van der Waals surface area contributed by atoms with Gasteiger partial charge in [0, 0.05) is 23.6 Å². The van der Waals surface area contributed by atoms with Crippen LogP contribution in [0.1, 0.15) is 12.5 Å². The SMILES string of the molecule is O=C1CC(C(=O)Nc2ccccc2)n2nc(-c3cccnc3)nc2N1. The third-order valence-corrected chi connectivity index (χ3v) is 3.82. The van der Waals surface area contributed by atoms with Crippen LogP contribution in [0.15, 0.2) is 54.9 Å². The Labute approximate surface area is 142 Å². The summed E-state index contributed by atoms with van der Waals surface area (Å²) in [5.74, 6) is 0.0712. The van der Waals surface area contributed by atoms with Gasteiger partial charge in [-0.05, 0) is 24.3 Å². The molecule has 0 bridgehead atoms. The first kappa shape index (κ1) is 15.0. The fourth-order valence-electron chi connectivity index (χ4n) is 2.63. The van der Waals surface area contributed by atoms with E-state index in [2.05, 4.69) is 25.7 Å². The minimum Gasteiger partial charge on any atom is -0.324 e. The number of anilines is 2. The molecule has 8 heteroatoms. The van der Waals surface area contributed by atoms with E-state index in [0.29, 0.717) is 17.1 Å². The first-order chi connectivity index (χ1) is 12.2. The fraction of sp³-hybridized carbons (Fsp3) is 0.118. The molecular weight excluding hydrogens is 320 g/mol. The van der Waals surface area contributed by atoms with Crippen LogP contribution in [0.25, 0.3) is 11.4 Å². The van der Waals surface area contributed by atoms with E-state index in [1.54, 1.807) is 30.6 Å². The minimum atomic E-state index is -0.762. The van der Waals surface area contributed by atoms with Crippen molar-refractivity contribution in [2.24, 2.45) is 0 Å². The van der Waals surface area contributed by atoms with Gasteiger partial charge in [-0.2, -0.15) is 4.98 Å². The summed E-state index contributed by atoms with van der Waals surface area (Å²) < 4.78 is 1.45. The van der Waals surface area contributed by atoms with Crippen LogP contribution in [0.4, 0.5) is 11.6 Å². The van der Waals surface area contributed by atoms with Crippen molar-refractivity contribution in [3.8, 4) is 11.4 Å². The number of carbonyl (C=O) groups excluding carboxylic acids is 2. The van der Waals surface area contributed by atoms with E-state index in [9.17, 15) is 9.59 Å². The summed E-state index contributed by atoms with van der Waals surface area (Å²) in [6.45, 7) is 0. The quantitative estimate of drug-likeness (QED) is 0.761. The van der Waals surface area contributed by atoms with Crippen molar-refractivity contribution >= 4 is 23.5 Å². The second-order valence-electron chi connectivity index (χ2n) is 5.57. The van der Waals surface area contributed by atoms with Crippen molar-refractivity contribution in [2.75, 3.05) is 10.6 Å². The van der Waals surface area contributed by atoms with Crippen molar-refractivity contribution in [1.82, 2.24) is 19.7 Å². The molecule has 1 aliphatic heterocycles. The number of para-hydroxylation sites is 1. The van der Waals surface area contributed by atoms with Crippen LogP contribution >= 0.6 is 0 Å². The monoisotopic (exact) mass is 334 g/mol. The van der Waals surface area contributed by atoms with E-state index >= 15 is 0 Å². The highest BCUT2D eigenvalue weighted by molar-refractivity contribution is 6.00. The van der Waals surface area contributed by atoms with Crippen molar-refractivity contribution in [2.45, 2.75) is 12.5 Å².